The van der Waals surface area contributed by atoms with Gasteiger partial charge in [-0.2, -0.15) is 0 Å². The van der Waals surface area contributed by atoms with E-state index in [1.54, 1.807) is 0 Å². The number of imidazole rings is 1. The highest BCUT2D eigenvalue weighted by Crippen LogP contribution is 2.27. The van der Waals surface area contributed by atoms with Gasteiger partial charge in [-0.05, 0) is 6.92 Å². The van der Waals surface area contributed by atoms with E-state index >= 15 is 0 Å². The van der Waals surface area contributed by atoms with Crippen molar-refractivity contribution in [2.45, 2.75) is 20.0 Å². The van der Waals surface area contributed by atoms with Gasteiger partial charge < -0.3 is 15.6 Å². The number of aromatic nitrogens is 2. The smallest absolute Gasteiger partial charge is 0.131 e. The number of rotatable bonds is 1. The van der Waals surface area contributed by atoms with Gasteiger partial charge in [0.1, 0.15) is 17.3 Å². The van der Waals surface area contributed by atoms with Crippen LogP contribution in [0.5, 0.6) is 0 Å². The second-order valence-electron chi connectivity index (χ2n) is 4.46. The molecule has 3 rings (SSSR count). The fourth-order valence-electron chi connectivity index (χ4n) is 2.21. The first kappa shape index (κ1) is 10.4. The van der Waals surface area contributed by atoms with Crippen molar-refractivity contribution in [3.63, 3.8) is 0 Å². The Morgan fingerprint density at radius 3 is 2.76 bits per heavy atom. The van der Waals surface area contributed by atoms with E-state index in [0.29, 0.717) is 0 Å². The first-order valence-corrected chi connectivity index (χ1v) is 5.88. The molecule has 0 spiro atoms. The molecule has 3 N–H and O–H groups in total. The van der Waals surface area contributed by atoms with Crippen LogP contribution in [0.2, 0.25) is 0 Å². The van der Waals surface area contributed by atoms with Gasteiger partial charge in [-0.25, -0.2) is 4.98 Å². The summed E-state index contributed by atoms with van der Waals surface area (Å²) in [5, 5.41) is 3.30. The summed E-state index contributed by atoms with van der Waals surface area (Å²) in [6.07, 6.45) is 0. The lowest BCUT2D eigenvalue weighted by Gasteiger charge is -2.15. The van der Waals surface area contributed by atoms with Crippen molar-refractivity contribution in [3.05, 3.63) is 35.7 Å². The highest BCUT2D eigenvalue weighted by molar-refractivity contribution is 5.71. The summed E-state index contributed by atoms with van der Waals surface area (Å²) >= 11 is 0. The number of benzene rings is 1. The molecule has 0 saturated heterocycles. The van der Waals surface area contributed by atoms with E-state index in [-0.39, 0.29) is 0 Å². The van der Waals surface area contributed by atoms with Gasteiger partial charge in [0.25, 0.3) is 0 Å². The Kier molecular flexibility index (Phi) is 2.37. The predicted molar refractivity (Wildman–Crippen MR) is 68.5 cm³/mol. The number of nitrogens with zero attached hydrogens (tertiary/aromatic N) is 2. The average Bonchev–Trinajstić information content (AvgIpc) is 2.69. The first-order chi connectivity index (χ1) is 8.25. The molecule has 1 aliphatic rings. The lowest BCUT2D eigenvalue weighted by atomic mass is 10.1. The molecule has 2 aromatic rings. The largest absolute Gasteiger partial charge is 0.383 e. The maximum absolute atomic E-state index is 6.17. The predicted octanol–water partition coefficient (Wildman–Crippen LogP) is 1.54. The maximum atomic E-state index is 6.17. The van der Waals surface area contributed by atoms with E-state index < -0.39 is 0 Å². The van der Waals surface area contributed by atoms with Crippen LogP contribution in [0, 0.1) is 6.92 Å². The third-order valence-corrected chi connectivity index (χ3v) is 3.21. The van der Waals surface area contributed by atoms with E-state index in [1.807, 2.05) is 0 Å². The van der Waals surface area contributed by atoms with Crippen LogP contribution in [0.4, 0.5) is 5.82 Å². The maximum Gasteiger partial charge on any atom is 0.131 e. The third kappa shape index (κ3) is 1.70. The molecule has 0 aliphatic carbocycles. The van der Waals surface area contributed by atoms with E-state index in [1.165, 1.54) is 5.56 Å². The van der Waals surface area contributed by atoms with Crippen molar-refractivity contribution in [1.82, 2.24) is 14.9 Å². The standard InChI is InChI=1S/C13H16N4/c1-9-2-4-10(5-3-9)12-13(14)17-7-6-15-8-11(17)16-12/h2-5,15H,6-8,14H2,1H3. The molecule has 17 heavy (non-hydrogen) atoms. The molecule has 0 radical (unpaired) electrons. The Bertz CT molecular complexity index is 539. The second-order valence-corrected chi connectivity index (χ2v) is 4.46. The average molecular weight is 228 g/mol. The number of hydrogen-bond acceptors (Lipinski definition) is 3. The van der Waals surface area contributed by atoms with Crippen molar-refractivity contribution >= 4 is 5.82 Å². The highest BCUT2D eigenvalue weighted by atomic mass is 15.2. The molecule has 0 fully saturated rings. The molecule has 4 nitrogen and oxygen atoms in total. The van der Waals surface area contributed by atoms with Crippen LogP contribution in [0.3, 0.4) is 0 Å². The van der Waals surface area contributed by atoms with Gasteiger partial charge in [-0.3, -0.25) is 0 Å². The molecule has 0 saturated carbocycles. The molecular formula is C13H16N4. The van der Waals surface area contributed by atoms with Crippen LogP contribution in [0.1, 0.15) is 11.4 Å². The number of nitrogens with one attached hydrogen (secondary N) is 1. The lowest BCUT2D eigenvalue weighted by Crippen LogP contribution is -2.28. The summed E-state index contributed by atoms with van der Waals surface area (Å²) < 4.78 is 2.10. The summed E-state index contributed by atoms with van der Waals surface area (Å²) in [5.74, 6) is 1.81. The molecule has 2 heterocycles. The zero-order valence-corrected chi connectivity index (χ0v) is 9.90. The first-order valence-electron chi connectivity index (χ1n) is 5.88. The zero-order valence-electron chi connectivity index (χ0n) is 9.90. The highest BCUT2D eigenvalue weighted by Gasteiger charge is 2.17. The third-order valence-electron chi connectivity index (χ3n) is 3.21. The Balaban J connectivity index is 2.09. The second kappa shape index (κ2) is 3.89. The Hall–Kier alpha value is -1.81. The summed E-state index contributed by atoms with van der Waals surface area (Å²) in [7, 11) is 0. The van der Waals surface area contributed by atoms with Gasteiger partial charge in [0, 0.05) is 18.7 Å². The molecule has 1 aromatic heterocycles. The van der Waals surface area contributed by atoms with Gasteiger partial charge in [-0.15, -0.1) is 0 Å². The molecule has 0 amide bonds. The van der Waals surface area contributed by atoms with Gasteiger partial charge in [0.15, 0.2) is 0 Å². The van der Waals surface area contributed by atoms with Crippen molar-refractivity contribution in [2.75, 3.05) is 12.3 Å². The number of nitrogens with two attached hydrogens (primary N) is 1. The van der Waals surface area contributed by atoms with Gasteiger partial charge in [0.05, 0.1) is 6.54 Å². The summed E-state index contributed by atoms with van der Waals surface area (Å²) in [6.45, 7) is 4.74. The molecular weight excluding hydrogens is 212 g/mol. The van der Waals surface area contributed by atoms with Crippen molar-refractivity contribution in [3.8, 4) is 11.3 Å². The number of hydrogen-bond donors (Lipinski definition) is 2. The van der Waals surface area contributed by atoms with Crippen LogP contribution >= 0.6 is 0 Å². The fourth-order valence-corrected chi connectivity index (χ4v) is 2.21. The molecule has 1 aliphatic heterocycles. The van der Waals surface area contributed by atoms with Crippen molar-refractivity contribution in [1.29, 1.82) is 0 Å². The normalized spacial score (nSPS) is 14.6. The van der Waals surface area contributed by atoms with Crippen LogP contribution in [-0.4, -0.2) is 16.1 Å². The van der Waals surface area contributed by atoms with Crippen LogP contribution in [0.25, 0.3) is 11.3 Å². The Labute approximate surface area is 100 Å². The topological polar surface area (TPSA) is 55.9 Å². The fraction of sp³-hybridized carbons (Fsp3) is 0.308. The van der Waals surface area contributed by atoms with E-state index in [0.717, 1.165) is 42.5 Å². The summed E-state index contributed by atoms with van der Waals surface area (Å²) in [5.41, 5.74) is 9.41. The molecule has 0 bridgehead atoms. The number of nitrogen functional groups attached to an aromatic ring is 1. The molecule has 88 valence electrons. The van der Waals surface area contributed by atoms with E-state index in [4.69, 9.17) is 5.73 Å². The minimum atomic E-state index is 0.783. The van der Waals surface area contributed by atoms with Crippen molar-refractivity contribution in [2.24, 2.45) is 0 Å². The van der Waals surface area contributed by atoms with Crippen molar-refractivity contribution < 1.29 is 0 Å². The number of anilines is 1. The van der Waals surface area contributed by atoms with Crippen LogP contribution in [0.15, 0.2) is 24.3 Å². The van der Waals surface area contributed by atoms with Gasteiger partial charge in [-0.1, -0.05) is 29.8 Å². The SMILES string of the molecule is Cc1ccc(-c2nc3n(c2N)CCNC3)cc1. The van der Waals surface area contributed by atoms with Crippen LogP contribution in [-0.2, 0) is 13.1 Å². The molecule has 1 aromatic carbocycles. The summed E-state index contributed by atoms with van der Waals surface area (Å²) in [6, 6.07) is 8.33. The minimum absolute atomic E-state index is 0.783. The monoisotopic (exact) mass is 228 g/mol. The Morgan fingerprint density at radius 1 is 1.29 bits per heavy atom. The molecule has 4 heteroatoms. The van der Waals surface area contributed by atoms with E-state index in [9.17, 15) is 0 Å². The summed E-state index contributed by atoms with van der Waals surface area (Å²) in [4.78, 5) is 4.63. The minimum Gasteiger partial charge on any atom is -0.383 e. The van der Waals surface area contributed by atoms with Gasteiger partial charge in [0.2, 0.25) is 0 Å². The van der Waals surface area contributed by atoms with Crippen LogP contribution < -0.4 is 11.1 Å². The number of aryl methyl sites for hydroxylation is 1. The Morgan fingerprint density at radius 2 is 2.06 bits per heavy atom. The van der Waals surface area contributed by atoms with E-state index in [2.05, 4.69) is 46.1 Å². The zero-order chi connectivity index (χ0) is 11.8. The lowest BCUT2D eigenvalue weighted by molar-refractivity contribution is 0.509. The molecule has 0 unspecified atom stereocenters. The number of fused-ring (bicyclic) bond motifs is 1. The molecule has 0 atom stereocenters. The quantitative estimate of drug-likeness (QED) is 0.778. The van der Waals surface area contributed by atoms with Gasteiger partial charge >= 0.3 is 0 Å².